The summed E-state index contributed by atoms with van der Waals surface area (Å²) in [5.74, 6) is -0.179. The van der Waals surface area contributed by atoms with E-state index >= 15 is 0 Å². The van der Waals surface area contributed by atoms with Crippen molar-refractivity contribution in [3.05, 3.63) is 65.4 Å². The van der Waals surface area contributed by atoms with E-state index in [0.29, 0.717) is 0 Å². The molecule has 0 atom stereocenters. The number of halogens is 2. The lowest BCUT2D eigenvalue weighted by Crippen LogP contribution is -2.26. The first kappa shape index (κ1) is 16.7. The van der Waals surface area contributed by atoms with Crippen LogP contribution in [0.25, 0.3) is 23.2 Å². The van der Waals surface area contributed by atoms with E-state index in [1.807, 2.05) is 30.5 Å². The van der Waals surface area contributed by atoms with Gasteiger partial charge < -0.3 is 9.47 Å². The van der Waals surface area contributed by atoms with Gasteiger partial charge >= 0.3 is 0 Å². The summed E-state index contributed by atoms with van der Waals surface area (Å²) in [6.45, 7) is 1.88. The van der Waals surface area contributed by atoms with Crippen LogP contribution in [0.15, 0.2) is 42.7 Å². The average molecular weight is 344 g/mol. The molecule has 124 valence electrons. The van der Waals surface area contributed by atoms with Crippen LogP contribution >= 0.6 is 12.4 Å². The predicted molar refractivity (Wildman–Crippen MR) is 98.6 cm³/mol. The summed E-state index contributed by atoms with van der Waals surface area (Å²) in [6.07, 6.45) is 8.69. The van der Waals surface area contributed by atoms with E-state index < -0.39 is 0 Å². The molecule has 2 aromatic heterocycles. The maximum Gasteiger partial charge on any atom is 0.123 e. The Morgan fingerprint density at radius 1 is 1.25 bits per heavy atom. The fraction of sp³-hybridized carbons (Fsp3) is 0.211. The van der Waals surface area contributed by atoms with Gasteiger partial charge in [0.25, 0.3) is 0 Å². The zero-order valence-corrected chi connectivity index (χ0v) is 14.3. The van der Waals surface area contributed by atoms with E-state index in [9.17, 15) is 4.39 Å². The molecular weight excluding hydrogens is 325 g/mol. The normalized spacial score (nSPS) is 14.8. The van der Waals surface area contributed by atoms with Gasteiger partial charge in [-0.3, -0.25) is 4.98 Å². The van der Waals surface area contributed by atoms with Gasteiger partial charge in [0.05, 0.1) is 5.52 Å². The van der Waals surface area contributed by atoms with Gasteiger partial charge in [-0.1, -0.05) is 6.07 Å². The molecule has 4 rings (SSSR count). The van der Waals surface area contributed by atoms with Crippen molar-refractivity contribution in [2.75, 3.05) is 13.6 Å². The van der Waals surface area contributed by atoms with E-state index in [2.05, 4.69) is 27.7 Å². The quantitative estimate of drug-likeness (QED) is 0.695. The Morgan fingerprint density at radius 2 is 2.12 bits per heavy atom. The number of pyridine rings is 1. The highest BCUT2D eigenvalue weighted by atomic mass is 35.5. The average Bonchev–Trinajstić information content (AvgIpc) is 2.86. The van der Waals surface area contributed by atoms with Gasteiger partial charge in [-0.2, -0.15) is 0 Å². The van der Waals surface area contributed by atoms with E-state index in [4.69, 9.17) is 0 Å². The van der Waals surface area contributed by atoms with Crippen molar-refractivity contribution < 1.29 is 4.39 Å². The third-order valence-corrected chi connectivity index (χ3v) is 4.44. The highest BCUT2D eigenvalue weighted by molar-refractivity contribution is 5.88. The highest BCUT2D eigenvalue weighted by Gasteiger charge is 2.21. The molecule has 0 N–H and O–H groups in total. The summed E-state index contributed by atoms with van der Waals surface area (Å²) < 4.78 is 15.9. The lowest BCUT2D eigenvalue weighted by molar-refractivity contribution is 0.312. The molecule has 0 amide bonds. The molecule has 0 aliphatic carbocycles. The number of hydrogen-bond donors (Lipinski definition) is 0. The Hall–Kier alpha value is -2.17. The van der Waals surface area contributed by atoms with Gasteiger partial charge in [0, 0.05) is 49.2 Å². The Bertz CT molecular complexity index is 887. The minimum Gasteiger partial charge on any atom is -0.320 e. The topological polar surface area (TPSA) is 21.1 Å². The molecule has 0 spiro atoms. The fourth-order valence-corrected chi connectivity index (χ4v) is 3.31. The van der Waals surface area contributed by atoms with Crippen LogP contribution in [0.2, 0.25) is 0 Å². The van der Waals surface area contributed by atoms with Crippen LogP contribution in [0.4, 0.5) is 4.39 Å². The van der Waals surface area contributed by atoms with Crippen molar-refractivity contribution in [1.29, 1.82) is 0 Å². The van der Waals surface area contributed by atoms with E-state index in [1.165, 1.54) is 17.3 Å². The summed E-state index contributed by atoms with van der Waals surface area (Å²) in [4.78, 5) is 6.42. The van der Waals surface area contributed by atoms with Crippen molar-refractivity contribution in [3.8, 4) is 0 Å². The number of aromatic nitrogens is 2. The van der Waals surface area contributed by atoms with Gasteiger partial charge in [-0.25, -0.2) is 4.39 Å². The second-order valence-corrected chi connectivity index (χ2v) is 6.05. The monoisotopic (exact) mass is 343 g/mol. The zero-order chi connectivity index (χ0) is 15.8. The van der Waals surface area contributed by atoms with E-state index in [1.54, 1.807) is 12.3 Å². The third kappa shape index (κ3) is 2.95. The second kappa shape index (κ2) is 6.75. The number of likely N-dealkylation sites (N-methyl/N-ethyl adjacent to an activating group) is 1. The van der Waals surface area contributed by atoms with Gasteiger partial charge in [0.15, 0.2) is 0 Å². The second-order valence-electron chi connectivity index (χ2n) is 6.05. The zero-order valence-electron chi connectivity index (χ0n) is 13.4. The van der Waals surface area contributed by atoms with E-state index in [0.717, 1.165) is 36.0 Å². The van der Waals surface area contributed by atoms with Crippen LogP contribution in [0, 0.1) is 5.82 Å². The fourth-order valence-electron chi connectivity index (χ4n) is 3.31. The minimum atomic E-state index is -0.179. The SMILES string of the molecule is CN1CCc2c(c3cc(F)ccc3n2/C=C\c2cccnc2)C1.Cl. The van der Waals surface area contributed by atoms with Crippen molar-refractivity contribution in [2.45, 2.75) is 13.0 Å². The van der Waals surface area contributed by atoms with Gasteiger partial charge in [0.2, 0.25) is 0 Å². The molecule has 24 heavy (non-hydrogen) atoms. The van der Waals surface area contributed by atoms with Crippen LogP contribution in [0.1, 0.15) is 16.8 Å². The standard InChI is InChI=1S/C19H18FN3.ClH/c1-22-9-7-19-17(13-22)16-11-15(20)4-5-18(16)23(19)10-6-14-3-2-8-21-12-14;/h2-6,8,10-12H,7,9,13H2,1H3;1H/b10-6-;. The minimum absolute atomic E-state index is 0. The molecule has 0 saturated heterocycles. The molecule has 0 saturated carbocycles. The molecular formula is C19H19ClFN3. The van der Waals surface area contributed by atoms with Crippen LogP contribution in [-0.4, -0.2) is 28.0 Å². The predicted octanol–water partition coefficient (Wildman–Crippen LogP) is 4.21. The van der Waals surface area contributed by atoms with E-state index in [-0.39, 0.29) is 18.2 Å². The van der Waals surface area contributed by atoms with Gasteiger partial charge in [-0.15, -0.1) is 12.4 Å². The summed E-state index contributed by atoms with van der Waals surface area (Å²) in [7, 11) is 2.11. The number of benzene rings is 1. The first-order valence-corrected chi connectivity index (χ1v) is 7.80. The van der Waals surface area contributed by atoms with Crippen molar-refractivity contribution in [3.63, 3.8) is 0 Å². The summed E-state index contributed by atoms with van der Waals surface area (Å²) >= 11 is 0. The van der Waals surface area contributed by atoms with Gasteiger partial charge in [0.1, 0.15) is 5.82 Å². The smallest absolute Gasteiger partial charge is 0.123 e. The Balaban J connectivity index is 0.00000169. The number of nitrogens with zero attached hydrogens (tertiary/aromatic N) is 3. The molecule has 1 aliphatic heterocycles. The number of fused-ring (bicyclic) bond motifs is 3. The molecule has 0 radical (unpaired) electrons. The van der Waals surface area contributed by atoms with Crippen molar-refractivity contribution >= 4 is 35.6 Å². The molecule has 3 aromatic rings. The summed E-state index contributed by atoms with van der Waals surface area (Å²) in [6, 6.07) is 9.01. The molecule has 3 nitrogen and oxygen atoms in total. The third-order valence-electron chi connectivity index (χ3n) is 4.44. The van der Waals surface area contributed by atoms with Crippen molar-refractivity contribution in [2.24, 2.45) is 0 Å². The summed E-state index contributed by atoms with van der Waals surface area (Å²) in [5, 5.41) is 1.02. The maximum absolute atomic E-state index is 13.7. The Kier molecular flexibility index (Phi) is 4.69. The van der Waals surface area contributed by atoms with Crippen LogP contribution in [0.3, 0.4) is 0 Å². The van der Waals surface area contributed by atoms with Crippen LogP contribution in [0.5, 0.6) is 0 Å². The van der Waals surface area contributed by atoms with Crippen molar-refractivity contribution in [1.82, 2.24) is 14.5 Å². The highest BCUT2D eigenvalue weighted by Crippen LogP contribution is 2.31. The number of hydrogen-bond acceptors (Lipinski definition) is 2. The Labute approximate surface area is 146 Å². The lowest BCUT2D eigenvalue weighted by atomic mass is 10.1. The summed E-state index contributed by atoms with van der Waals surface area (Å²) in [5.41, 5.74) is 4.64. The molecule has 5 heteroatoms. The molecule has 0 unspecified atom stereocenters. The largest absolute Gasteiger partial charge is 0.320 e. The first-order chi connectivity index (χ1) is 11.2. The van der Waals surface area contributed by atoms with Crippen LogP contribution < -0.4 is 0 Å². The number of rotatable bonds is 2. The lowest BCUT2D eigenvalue weighted by Gasteiger charge is -2.23. The van der Waals surface area contributed by atoms with Gasteiger partial charge in [-0.05, 0) is 48.5 Å². The molecule has 0 bridgehead atoms. The molecule has 1 aliphatic rings. The molecule has 3 heterocycles. The first-order valence-electron chi connectivity index (χ1n) is 7.80. The maximum atomic E-state index is 13.7. The molecule has 1 aromatic carbocycles. The molecule has 0 fully saturated rings. The van der Waals surface area contributed by atoms with Crippen LogP contribution in [-0.2, 0) is 13.0 Å². The Morgan fingerprint density at radius 3 is 2.92 bits per heavy atom.